The van der Waals surface area contributed by atoms with Crippen molar-refractivity contribution in [3.05, 3.63) is 28.7 Å². The summed E-state index contributed by atoms with van der Waals surface area (Å²) in [6.07, 6.45) is 1.42. The van der Waals surface area contributed by atoms with Crippen LogP contribution >= 0.6 is 58.8 Å². The lowest BCUT2D eigenvalue weighted by Gasteiger charge is -2.49. The molecule has 2 aromatic heterocycles. The fourth-order valence-electron chi connectivity index (χ4n) is 2.99. The molecule has 2 atom stereocenters. The number of carboxylic acid groups (broad SMARTS) is 1. The number of thioether (sulfide) groups is 2. The molecule has 5 N–H and O–H groups in total. The predicted molar refractivity (Wildman–Crippen MR) is 122 cm³/mol. The Labute approximate surface area is 202 Å². The average molecular weight is 536 g/mol. The number of aromatic nitrogens is 3. The van der Waals surface area contributed by atoms with Crippen molar-refractivity contribution in [2.24, 2.45) is 5.16 Å². The van der Waals surface area contributed by atoms with Crippen molar-refractivity contribution in [2.75, 3.05) is 17.2 Å². The topological polar surface area (TPSA) is 184 Å². The number of carboxylic acids is 1. The van der Waals surface area contributed by atoms with E-state index in [4.69, 9.17) is 5.73 Å². The molecule has 17 heteroatoms. The van der Waals surface area contributed by atoms with Gasteiger partial charge in [-0.15, -0.1) is 35.5 Å². The summed E-state index contributed by atoms with van der Waals surface area (Å²) in [5.41, 5.74) is 5.73. The third-order valence-electron chi connectivity index (χ3n) is 4.33. The average Bonchev–Trinajstić information content (AvgIpc) is 3.42. The zero-order chi connectivity index (χ0) is 22.1. The molecule has 2 aromatic rings. The third-order valence-corrected chi connectivity index (χ3v) is 8.22. The van der Waals surface area contributed by atoms with Crippen LogP contribution in [0.1, 0.15) is 5.69 Å². The Morgan fingerprint density at radius 2 is 2.22 bits per heavy atom. The smallest absolute Gasteiger partial charge is 0.352 e. The van der Waals surface area contributed by atoms with E-state index in [-0.39, 0.29) is 34.6 Å². The first-order valence-electron chi connectivity index (χ1n) is 8.44. The largest absolute Gasteiger partial charge is 0.477 e. The quantitative estimate of drug-likeness (QED) is 0.129. The van der Waals surface area contributed by atoms with Gasteiger partial charge in [0.15, 0.2) is 15.2 Å². The summed E-state index contributed by atoms with van der Waals surface area (Å²) in [5.74, 6) is -1.87. The number of anilines is 1. The van der Waals surface area contributed by atoms with Crippen LogP contribution in [0.15, 0.2) is 32.5 Å². The number of carbonyl (C=O) groups is 3. The van der Waals surface area contributed by atoms with Gasteiger partial charge in [-0.25, -0.2) is 14.8 Å². The molecule has 1 unspecified atom stereocenters. The molecule has 2 amide bonds. The molecule has 0 aliphatic carbocycles. The summed E-state index contributed by atoms with van der Waals surface area (Å²) >= 11 is 4.95. The Bertz CT molecular complexity index is 1110. The van der Waals surface area contributed by atoms with Crippen LogP contribution in [0.5, 0.6) is 0 Å². The lowest BCUT2D eigenvalue weighted by Crippen LogP contribution is -2.71. The molecule has 0 bridgehead atoms. The van der Waals surface area contributed by atoms with Crippen LogP contribution in [0.25, 0.3) is 0 Å². The number of fused-ring (bicyclic) bond motifs is 1. The van der Waals surface area contributed by atoms with Crippen LogP contribution in [0.4, 0.5) is 5.13 Å². The van der Waals surface area contributed by atoms with E-state index in [2.05, 4.69) is 24.8 Å². The zero-order valence-corrected chi connectivity index (χ0v) is 19.8. The van der Waals surface area contributed by atoms with Crippen molar-refractivity contribution in [3.63, 3.8) is 0 Å². The van der Waals surface area contributed by atoms with Crippen molar-refractivity contribution in [1.82, 2.24) is 24.6 Å². The van der Waals surface area contributed by atoms with Crippen LogP contribution in [-0.4, -0.2) is 76.0 Å². The van der Waals surface area contributed by atoms with Crippen molar-refractivity contribution in [2.45, 2.75) is 15.8 Å². The highest BCUT2D eigenvalue weighted by Gasteiger charge is 2.54. The number of nitrogens with two attached hydrogens (primary N) is 1. The highest BCUT2D eigenvalue weighted by molar-refractivity contribution is 8.01. The molecule has 0 radical (unpaired) electrons. The highest BCUT2D eigenvalue weighted by Crippen LogP contribution is 2.41. The number of β-lactam (4-membered cyclic amide) rings is 1. The molecular formula is C15H14ClN7O5S4. The van der Waals surface area contributed by atoms with Gasteiger partial charge in [0.1, 0.15) is 29.1 Å². The number of amides is 2. The minimum absolute atomic E-state index is 0. The SMILES string of the molecule is Cl.Nc1nc(C(=NO)C(=O)NC2C(=O)N3C(C(=O)O)=C(CSc4ncns4)CS[C@@H]23)cs1. The number of hydrogen-bond donors (Lipinski definition) is 4. The summed E-state index contributed by atoms with van der Waals surface area (Å²) < 4.78 is 4.60. The fourth-order valence-corrected chi connectivity index (χ4v) is 6.47. The van der Waals surface area contributed by atoms with Crippen molar-refractivity contribution < 1.29 is 24.7 Å². The number of nitrogens with zero attached hydrogens (tertiary/aromatic N) is 5. The molecule has 0 aromatic carbocycles. The van der Waals surface area contributed by atoms with E-state index in [0.29, 0.717) is 21.4 Å². The Kier molecular flexibility index (Phi) is 7.60. The molecule has 4 heterocycles. The zero-order valence-electron chi connectivity index (χ0n) is 15.7. The molecule has 1 fully saturated rings. The Morgan fingerprint density at radius 3 is 2.81 bits per heavy atom. The van der Waals surface area contributed by atoms with Crippen molar-refractivity contribution >= 4 is 87.4 Å². The first-order chi connectivity index (χ1) is 14.9. The van der Waals surface area contributed by atoms with Gasteiger partial charge in [-0.2, -0.15) is 4.37 Å². The van der Waals surface area contributed by atoms with Gasteiger partial charge in [0.25, 0.3) is 11.8 Å². The predicted octanol–water partition coefficient (Wildman–Crippen LogP) is 0.708. The molecule has 4 rings (SSSR count). The van der Waals surface area contributed by atoms with Crippen LogP contribution in [0.2, 0.25) is 0 Å². The van der Waals surface area contributed by atoms with Gasteiger partial charge in [0.2, 0.25) is 0 Å². The Morgan fingerprint density at radius 1 is 1.44 bits per heavy atom. The maximum Gasteiger partial charge on any atom is 0.352 e. The molecule has 2 aliphatic heterocycles. The standard InChI is InChI=1S/C15H13N7O5S4.ClH/c16-14-19-6(3-29-14)7(21-27)10(23)20-8-11(24)22-9(13(25)26)5(1-28-12(8)22)2-30-15-17-4-18-31-15;/h3-4,8,12,27H,1-2H2,(H2,16,19)(H,20,23)(H,25,26);1H/t8?,12-;/m0./s1. The lowest BCUT2D eigenvalue weighted by atomic mass is 10.0. The summed E-state index contributed by atoms with van der Waals surface area (Å²) in [7, 11) is 0. The van der Waals surface area contributed by atoms with Gasteiger partial charge in [-0.3, -0.25) is 14.5 Å². The van der Waals surface area contributed by atoms with Gasteiger partial charge in [0.05, 0.1) is 0 Å². The molecule has 12 nitrogen and oxygen atoms in total. The van der Waals surface area contributed by atoms with E-state index in [1.54, 1.807) is 0 Å². The van der Waals surface area contributed by atoms with E-state index < -0.39 is 29.2 Å². The van der Waals surface area contributed by atoms with E-state index >= 15 is 0 Å². The number of oxime groups is 1. The molecule has 170 valence electrons. The molecule has 1 saturated heterocycles. The van der Waals surface area contributed by atoms with Gasteiger partial charge in [-0.05, 0) is 17.1 Å². The first kappa shape index (κ1) is 24.2. The monoisotopic (exact) mass is 535 g/mol. The normalized spacial score (nSPS) is 20.3. The highest BCUT2D eigenvalue weighted by atomic mass is 35.5. The maximum absolute atomic E-state index is 12.7. The number of thiazole rings is 1. The van der Waals surface area contributed by atoms with Gasteiger partial charge in [-0.1, -0.05) is 16.9 Å². The Hall–Kier alpha value is -2.40. The first-order valence-corrected chi connectivity index (χ1v) is 12.1. The van der Waals surface area contributed by atoms with E-state index in [1.807, 2.05) is 0 Å². The number of halogens is 1. The van der Waals surface area contributed by atoms with Gasteiger partial charge < -0.3 is 21.4 Å². The van der Waals surface area contributed by atoms with Crippen molar-refractivity contribution in [3.8, 4) is 0 Å². The molecule has 0 saturated carbocycles. The second kappa shape index (κ2) is 10.0. The molecular weight excluding hydrogens is 522 g/mol. The second-order valence-corrected chi connectivity index (χ2v) is 10.1. The van der Waals surface area contributed by atoms with Gasteiger partial charge in [0, 0.05) is 16.9 Å². The summed E-state index contributed by atoms with van der Waals surface area (Å²) in [6.45, 7) is 0. The summed E-state index contributed by atoms with van der Waals surface area (Å²) in [5, 5.41) is 25.4. The van der Waals surface area contributed by atoms with Crippen LogP contribution in [0.3, 0.4) is 0 Å². The van der Waals surface area contributed by atoms with Crippen LogP contribution < -0.4 is 11.1 Å². The maximum atomic E-state index is 12.7. The lowest BCUT2D eigenvalue weighted by molar-refractivity contribution is -0.150. The van der Waals surface area contributed by atoms with Gasteiger partial charge >= 0.3 is 5.97 Å². The third kappa shape index (κ3) is 4.54. The van der Waals surface area contributed by atoms with E-state index in [9.17, 15) is 24.7 Å². The number of aliphatic carboxylic acids is 1. The fraction of sp³-hybridized carbons (Fsp3) is 0.267. The molecule has 2 aliphatic rings. The van der Waals surface area contributed by atoms with E-state index in [0.717, 1.165) is 11.3 Å². The number of carbonyl (C=O) groups excluding carboxylic acids is 2. The van der Waals surface area contributed by atoms with Crippen LogP contribution in [0, 0.1) is 0 Å². The number of rotatable bonds is 7. The number of nitrogens with one attached hydrogen (secondary N) is 1. The summed E-state index contributed by atoms with van der Waals surface area (Å²) in [6, 6.07) is -0.961. The summed E-state index contributed by atoms with van der Waals surface area (Å²) in [4.78, 5) is 46.2. The second-order valence-electron chi connectivity index (χ2n) is 6.13. The molecule has 0 spiro atoms. The Balaban J connectivity index is 0.00000289. The van der Waals surface area contributed by atoms with Crippen LogP contribution in [-0.2, 0) is 14.4 Å². The van der Waals surface area contributed by atoms with E-state index in [1.165, 1.54) is 51.7 Å². The number of hydrogen-bond acceptors (Lipinski definition) is 13. The van der Waals surface area contributed by atoms with Crippen molar-refractivity contribution in [1.29, 1.82) is 0 Å². The minimum Gasteiger partial charge on any atom is -0.477 e. The minimum atomic E-state index is -1.22. The molecule has 32 heavy (non-hydrogen) atoms. The number of nitrogen functional groups attached to an aromatic ring is 1.